The maximum atomic E-state index is 12.1. The normalized spacial score (nSPS) is 23.7. The molecule has 1 aliphatic heterocycles. The highest BCUT2D eigenvalue weighted by molar-refractivity contribution is 7.98. The van der Waals surface area contributed by atoms with E-state index in [1.54, 1.807) is 11.8 Å². The van der Waals surface area contributed by atoms with Crippen molar-refractivity contribution in [3.63, 3.8) is 0 Å². The number of carbonyl (C=O) groups is 1. The second-order valence-electron chi connectivity index (χ2n) is 7.69. The first-order chi connectivity index (χ1) is 13.8. The van der Waals surface area contributed by atoms with Crippen molar-refractivity contribution in [1.82, 2.24) is 4.90 Å². The van der Waals surface area contributed by atoms with Crippen molar-refractivity contribution in [3.8, 4) is 12.1 Å². The quantitative estimate of drug-likeness (QED) is 0.736. The van der Waals surface area contributed by atoms with Crippen molar-refractivity contribution < 1.29 is 9.90 Å². The van der Waals surface area contributed by atoms with E-state index >= 15 is 0 Å². The molecular weight excluding hydrogens is 384 g/mol. The topological polar surface area (TPSA) is 114 Å². The van der Waals surface area contributed by atoms with Gasteiger partial charge < -0.3 is 10.8 Å². The van der Waals surface area contributed by atoms with Gasteiger partial charge in [0, 0.05) is 35.9 Å². The zero-order valence-electron chi connectivity index (χ0n) is 16.7. The maximum Gasteiger partial charge on any atom is 0.337 e. The fraction of sp³-hybridized carbons (Fsp3) is 0.409. The Labute approximate surface area is 175 Å². The van der Waals surface area contributed by atoms with Crippen LogP contribution in [0.3, 0.4) is 0 Å². The number of carboxylic acid groups (broad SMARTS) is 1. The van der Waals surface area contributed by atoms with Crippen LogP contribution in [0.1, 0.15) is 25.3 Å². The van der Waals surface area contributed by atoms with E-state index in [2.05, 4.69) is 30.9 Å². The summed E-state index contributed by atoms with van der Waals surface area (Å²) in [4.78, 5) is 15.4. The van der Waals surface area contributed by atoms with Gasteiger partial charge in [-0.2, -0.15) is 10.5 Å². The Hall–Kier alpha value is -2.74. The highest BCUT2D eigenvalue weighted by atomic mass is 32.2. The van der Waals surface area contributed by atoms with Crippen molar-refractivity contribution in [2.24, 2.45) is 17.1 Å². The van der Waals surface area contributed by atoms with Gasteiger partial charge in [0.1, 0.15) is 0 Å². The first kappa shape index (κ1) is 21.0. The fourth-order valence-electron chi connectivity index (χ4n) is 4.43. The predicted octanol–water partition coefficient (Wildman–Crippen LogP) is 3.10. The lowest BCUT2D eigenvalue weighted by molar-refractivity contribution is -0.132. The Morgan fingerprint density at radius 3 is 2.41 bits per heavy atom. The van der Waals surface area contributed by atoms with Gasteiger partial charge in [-0.15, -0.1) is 11.8 Å². The monoisotopic (exact) mass is 408 g/mol. The summed E-state index contributed by atoms with van der Waals surface area (Å²) in [5.41, 5.74) is 5.73. The van der Waals surface area contributed by atoms with Crippen LogP contribution in [-0.2, 0) is 4.79 Å². The van der Waals surface area contributed by atoms with Crippen LogP contribution < -0.4 is 5.73 Å². The smallest absolute Gasteiger partial charge is 0.337 e. The Kier molecular flexibility index (Phi) is 5.75. The molecule has 0 fully saturated rings. The van der Waals surface area contributed by atoms with Gasteiger partial charge in [0.2, 0.25) is 0 Å². The van der Waals surface area contributed by atoms with Gasteiger partial charge in [-0.05, 0) is 43.4 Å². The van der Waals surface area contributed by atoms with Gasteiger partial charge in [0.05, 0.1) is 23.4 Å². The van der Waals surface area contributed by atoms with E-state index in [-0.39, 0.29) is 23.2 Å². The molecule has 0 saturated heterocycles. The molecule has 0 bridgehead atoms. The summed E-state index contributed by atoms with van der Waals surface area (Å²) in [6.45, 7) is 5.33. The van der Waals surface area contributed by atoms with Crippen molar-refractivity contribution in [2.45, 2.75) is 30.7 Å². The third-order valence-electron chi connectivity index (χ3n) is 6.00. The molecule has 0 spiro atoms. The number of aliphatic carboxylic acids is 1. The number of nitriles is 2. The van der Waals surface area contributed by atoms with E-state index in [4.69, 9.17) is 5.73 Å². The van der Waals surface area contributed by atoms with Crippen LogP contribution in [0.15, 0.2) is 52.1 Å². The number of hydrogen-bond acceptors (Lipinski definition) is 6. The van der Waals surface area contributed by atoms with Crippen molar-refractivity contribution >= 4 is 17.7 Å². The highest BCUT2D eigenvalue weighted by Gasteiger charge is 2.55. The van der Waals surface area contributed by atoms with Gasteiger partial charge in [-0.1, -0.05) is 18.2 Å². The van der Waals surface area contributed by atoms with Gasteiger partial charge in [-0.3, -0.25) is 4.90 Å². The summed E-state index contributed by atoms with van der Waals surface area (Å²) in [5, 5.41) is 30.0. The third-order valence-corrected chi connectivity index (χ3v) is 6.74. The van der Waals surface area contributed by atoms with Crippen LogP contribution >= 0.6 is 11.8 Å². The molecule has 1 aromatic rings. The molecule has 7 heteroatoms. The Bertz CT molecular complexity index is 952. The SMILES string of the molecule is CSc1ccc([C@@H]2[C@H]3CN(C(C)C)CC=C3C(C(=O)O)=C(N)C2(C#N)C#N)cc1. The lowest BCUT2D eigenvalue weighted by atomic mass is 9.58. The molecular formula is C22H24N4O2S. The van der Waals surface area contributed by atoms with Crippen LogP contribution in [0.25, 0.3) is 0 Å². The number of benzene rings is 1. The van der Waals surface area contributed by atoms with E-state index in [0.29, 0.717) is 18.7 Å². The molecule has 0 amide bonds. The minimum absolute atomic E-state index is 0.0847. The minimum atomic E-state index is -1.74. The molecule has 0 aromatic heterocycles. The zero-order valence-corrected chi connectivity index (χ0v) is 17.5. The lowest BCUT2D eigenvalue weighted by Gasteiger charge is -2.46. The maximum absolute atomic E-state index is 12.1. The van der Waals surface area contributed by atoms with Crippen LogP contribution in [0, 0.1) is 34.0 Å². The van der Waals surface area contributed by atoms with Gasteiger partial charge in [0.15, 0.2) is 5.41 Å². The fourth-order valence-corrected chi connectivity index (χ4v) is 4.83. The predicted molar refractivity (Wildman–Crippen MR) is 112 cm³/mol. The van der Waals surface area contributed by atoms with Crippen LogP contribution in [0.2, 0.25) is 0 Å². The molecule has 0 saturated carbocycles. The molecule has 0 unspecified atom stereocenters. The van der Waals surface area contributed by atoms with E-state index in [1.165, 1.54) is 0 Å². The summed E-state index contributed by atoms with van der Waals surface area (Å²) in [5.74, 6) is -2.06. The number of hydrogen-bond donors (Lipinski definition) is 2. The minimum Gasteiger partial charge on any atom is -0.478 e. The highest BCUT2D eigenvalue weighted by Crippen LogP contribution is 2.54. The second-order valence-corrected chi connectivity index (χ2v) is 8.57. The standard InChI is InChI=1S/C22H24N4O2S/c1-13(2)26-9-8-16-17(10-26)19(14-4-6-15(29-3)7-5-14)22(11-23,12-24)20(25)18(16)21(27)28/h4-8,13,17,19H,9-10,25H2,1-3H3,(H,27,28)/t17-,19+/m0/s1. The number of allylic oxidation sites excluding steroid dienone is 1. The molecule has 0 radical (unpaired) electrons. The number of carboxylic acids is 1. The Morgan fingerprint density at radius 2 is 1.93 bits per heavy atom. The van der Waals surface area contributed by atoms with Crippen LogP contribution in [0.5, 0.6) is 0 Å². The number of fused-ring (bicyclic) bond motifs is 1. The summed E-state index contributed by atoms with van der Waals surface area (Å²) in [6, 6.07) is 12.2. The number of nitrogens with two attached hydrogens (primary N) is 1. The van der Waals surface area contributed by atoms with Crippen LogP contribution in [0.4, 0.5) is 0 Å². The molecule has 3 rings (SSSR count). The summed E-state index contributed by atoms with van der Waals surface area (Å²) in [7, 11) is 0. The summed E-state index contributed by atoms with van der Waals surface area (Å²) >= 11 is 1.61. The molecule has 150 valence electrons. The average molecular weight is 409 g/mol. The second kappa shape index (κ2) is 7.94. The molecule has 2 aliphatic rings. The molecule has 1 heterocycles. The number of thioether (sulfide) groups is 1. The van der Waals surface area contributed by atoms with Gasteiger partial charge in [0.25, 0.3) is 0 Å². The molecule has 1 aliphatic carbocycles. The summed E-state index contributed by atoms with van der Waals surface area (Å²) in [6.07, 6.45) is 3.87. The summed E-state index contributed by atoms with van der Waals surface area (Å²) < 4.78 is 0. The average Bonchev–Trinajstić information content (AvgIpc) is 2.72. The lowest BCUT2D eigenvalue weighted by Crippen LogP contribution is -2.50. The number of nitrogens with zero attached hydrogens (tertiary/aromatic N) is 3. The Morgan fingerprint density at radius 1 is 1.31 bits per heavy atom. The molecule has 29 heavy (non-hydrogen) atoms. The molecule has 1 aromatic carbocycles. The third kappa shape index (κ3) is 3.31. The molecule has 2 atom stereocenters. The number of rotatable bonds is 4. The molecule has 6 nitrogen and oxygen atoms in total. The van der Waals surface area contributed by atoms with E-state index < -0.39 is 17.3 Å². The molecule has 3 N–H and O–H groups in total. The Balaban J connectivity index is 2.29. The zero-order chi connectivity index (χ0) is 21.3. The van der Waals surface area contributed by atoms with Crippen molar-refractivity contribution in [2.75, 3.05) is 19.3 Å². The van der Waals surface area contributed by atoms with E-state index in [1.807, 2.05) is 36.6 Å². The van der Waals surface area contributed by atoms with Gasteiger partial charge in [-0.25, -0.2) is 4.79 Å². The first-order valence-corrected chi connectivity index (χ1v) is 10.7. The van der Waals surface area contributed by atoms with E-state index in [0.717, 1.165) is 10.5 Å². The van der Waals surface area contributed by atoms with E-state index in [9.17, 15) is 20.4 Å². The first-order valence-electron chi connectivity index (χ1n) is 9.45. The van der Waals surface area contributed by atoms with Crippen molar-refractivity contribution in [3.05, 3.63) is 52.7 Å². The largest absolute Gasteiger partial charge is 0.478 e. The van der Waals surface area contributed by atoms with Crippen molar-refractivity contribution in [1.29, 1.82) is 10.5 Å². The van der Waals surface area contributed by atoms with Gasteiger partial charge >= 0.3 is 5.97 Å². The van der Waals surface area contributed by atoms with Crippen LogP contribution in [-0.4, -0.2) is 41.4 Å².